The van der Waals surface area contributed by atoms with Gasteiger partial charge >= 0.3 is 5.97 Å². The van der Waals surface area contributed by atoms with Crippen LogP contribution in [-0.4, -0.2) is 40.8 Å². The number of aliphatic imine (C=N–C) groups is 1. The van der Waals surface area contributed by atoms with Crippen LogP contribution in [-0.2, 0) is 4.79 Å². The number of para-hydroxylation sites is 1. The van der Waals surface area contributed by atoms with Crippen molar-refractivity contribution in [1.82, 2.24) is 4.90 Å². The predicted molar refractivity (Wildman–Crippen MR) is 104 cm³/mol. The summed E-state index contributed by atoms with van der Waals surface area (Å²) in [6.07, 6.45) is 10.9. The Balaban J connectivity index is 1.41. The number of nitrogens with zero attached hydrogens (tertiary/aromatic N) is 2. The third-order valence-corrected chi connectivity index (χ3v) is 4.97. The Bertz CT molecular complexity index is 865. The van der Waals surface area contributed by atoms with Crippen LogP contribution in [0.2, 0.25) is 0 Å². The molecular formula is C21H23N3O3. The average molecular weight is 365 g/mol. The van der Waals surface area contributed by atoms with E-state index in [1.54, 1.807) is 0 Å². The fourth-order valence-electron chi connectivity index (χ4n) is 3.19. The van der Waals surface area contributed by atoms with Crippen LogP contribution in [0.25, 0.3) is 5.57 Å². The maximum atomic E-state index is 10.9. The summed E-state index contributed by atoms with van der Waals surface area (Å²) in [7, 11) is 0. The summed E-state index contributed by atoms with van der Waals surface area (Å²) in [5.41, 5.74) is 8.90. The lowest BCUT2D eigenvalue weighted by atomic mass is 10.0. The van der Waals surface area contributed by atoms with Crippen LogP contribution in [0.5, 0.6) is 5.75 Å². The largest absolute Gasteiger partial charge is 0.480 e. The average Bonchev–Trinajstić information content (AvgIpc) is 3.47. The standard InChI is InChI=1S/C21H23N3O3/c22-17(21(25)26)9-11-24-10-3-4-15(13-24)16-5-1-2-6-19(16)27-20-12-18(23-20)14-7-8-14/h1-6,10,12,14,17H,7-9,11,13,22H2,(H,25,26). The molecule has 1 fully saturated rings. The lowest BCUT2D eigenvalue weighted by molar-refractivity contribution is -0.138. The molecule has 2 heterocycles. The van der Waals surface area contributed by atoms with E-state index in [9.17, 15) is 4.79 Å². The van der Waals surface area contributed by atoms with Crippen LogP contribution in [0.1, 0.15) is 24.8 Å². The van der Waals surface area contributed by atoms with Crippen LogP contribution in [0.3, 0.4) is 0 Å². The summed E-state index contributed by atoms with van der Waals surface area (Å²) in [5.74, 6) is 1.13. The molecule has 3 N–H and O–H groups in total. The Kier molecular flexibility index (Phi) is 4.81. The minimum absolute atomic E-state index is 0.399. The van der Waals surface area contributed by atoms with Crippen LogP contribution >= 0.6 is 0 Å². The molecule has 3 aliphatic rings. The SMILES string of the molecule is NC(CCN1C=CC=C(c2ccccc2OC2=CC(C3CC3)=N2)C1)C(=O)O. The fourth-order valence-corrected chi connectivity index (χ4v) is 3.19. The van der Waals surface area contributed by atoms with Crippen LogP contribution in [0.15, 0.2) is 59.6 Å². The first-order chi connectivity index (χ1) is 13.1. The molecule has 6 heteroatoms. The summed E-state index contributed by atoms with van der Waals surface area (Å²) in [6, 6.07) is 7.08. The topological polar surface area (TPSA) is 88.1 Å². The summed E-state index contributed by atoms with van der Waals surface area (Å²) >= 11 is 0. The number of benzene rings is 1. The van der Waals surface area contributed by atoms with E-state index in [2.05, 4.69) is 16.0 Å². The number of hydrogen-bond acceptors (Lipinski definition) is 5. The molecule has 27 heavy (non-hydrogen) atoms. The maximum absolute atomic E-state index is 10.9. The maximum Gasteiger partial charge on any atom is 0.320 e. The third kappa shape index (κ3) is 4.11. The van der Waals surface area contributed by atoms with E-state index >= 15 is 0 Å². The Hall–Kier alpha value is -2.86. The number of carboxylic acids is 1. The summed E-state index contributed by atoms with van der Waals surface area (Å²) in [6.45, 7) is 1.27. The number of aliphatic carboxylic acids is 1. The van der Waals surface area contributed by atoms with Crippen LogP contribution < -0.4 is 10.5 Å². The van der Waals surface area contributed by atoms with Crippen LogP contribution in [0.4, 0.5) is 0 Å². The first kappa shape index (κ1) is 17.5. The molecule has 0 amide bonds. The number of hydrogen-bond donors (Lipinski definition) is 2. The molecule has 0 radical (unpaired) electrons. The molecule has 1 saturated carbocycles. The van der Waals surface area contributed by atoms with Crippen molar-refractivity contribution >= 4 is 17.3 Å². The van der Waals surface area contributed by atoms with E-state index < -0.39 is 12.0 Å². The molecule has 140 valence electrons. The number of carbonyl (C=O) groups is 1. The van der Waals surface area contributed by atoms with Gasteiger partial charge in [0.2, 0.25) is 5.88 Å². The van der Waals surface area contributed by atoms with E-state index in [0.717, 1.165) is 22.6 Å². The summed E-state index contributed by atoms with van der Waals surface area (Å²) in [5, 5.41) is 8.94. The second kappa shape index (κ2) is 7.40. The van der Waals surface area contributed by atoms with E-state index in [1.165, 1.54) is 12.8 Å². The first-order valence-corrected chi connectivity index (χ1v) is 9.27. The number of carboxylic acid groups (broad SMARTS) is 1. The van der Waals surface area contributed by atoms with E-state index in [4.69, 9.17) is 15.6 Å². The number of nitrogens with two attached hydrogens (primary N) is 1. The zero-order valence-corrected chi connectivity index (χ0v) is 15.0. The van der Waals surface area contributed by atoms with Gasteiger partial charge in [0, 0.05) is 30.6 Å². The Morgan fingerprint density at radius 2 is 2.15 bits per heavy atom. The van der Waals surface area contributed by atoms with Gasteiger partial charge in [-0.2, -0.15) is 0 Å². The third-order valence-electron chi connectivity index (χ3n) is 4.97. The van der Waals surface area contributed by atoms with E-state index in [-0.39, 0.29) is 0 Å². The summed E-state index contributed by atoms with van der Waals surface area (Å²) in [4.78, 5) is 17.5. The lowest BCUT2D eigenvalue weighted by Gasteiger charge is -2.26. The summed E-state index contributed by atoms with van der Waals surface area (Å²) < 4.78 is 6.00. The fraction of sp³-hybridized carbons (Fsp3) is 0.333. The highest BCUT2D eigenvalue weighted by molar-refractivity contribution is 6.03. The Labute approximate surface area is 158 Å². The van der Waals surface area contributed by atoms with Gasteiger partial charge in [-0.05, 0) is 43.2 Å². The van der Waals surface area contributed by atoms with Crippen LogP contribution in [0, 0.1) is 5.92 Å². The number of rotatable bonds is 8. The van der Waals surface area contributed by atoms with Crippen molar-refractivity contribution in [2.75, 3.05) is 13.1 Å². The lowest BCUT2D eigenvalue weighted by Crippen LogP contribution is -2.34. The van der Waals surface area contributed by atoms with Gasteiger partial charge in [-0.25, -0.2) is 4.99 Å². The van der Waals surface area contributed by atoms with Gasteiger partial charge in [0.25, 0.3) is 0 Å². The molecule has 4 rings (SSSR count). The molecular weight excluding hydrogens is 342 g/mol. The zero-order chi connectivity index (χ0) is 18.8. The smallest absolute Gasteiger partial charge is 0.320 e. The molecule has 1 aromatic rings. The molecule has 0 spiro atoms. The van der Waals surface area contributed by atoms with Crippen molar-refractivity contribution in [1.29, 1.82) is 0 Å². The van der Waals surface area contributed by atoms with Crippen molar-refractivity contribution < 1.29 is 14.6 Å². The van der Waals surface area contributed by atoms with Gasteiger partial charge in [0.05, 0.1) is 5.71 Å². The van der Waals surface area contributed by atoms with Crippen molar-refractivity contribution in [2.45, 2.75) is 25.3 Å². The highest BCUT2D eigenvalue weighted by Gasteiger charge is 2.31. The monoisotopic (exact) mass is 365 g/mol. The highest BCUT2D eigenvalue weighted by atomic mass is 16.5. The first-order valence-electron chi connectivity index (χ1n) is 9.27. The quantitative estimate of drug-likeness (QED) is 0.740. The molecule has 0 aromatic heterocycles. The normalized spacial score (nSPS) is 19.6. The molecule has 1 aromatic carbocycles. The van der Waals surface area contributed by atoms with Crippen molar-refractivity contribution in [3.05, 3.63) is 60.1 Å². The van der Waals surface area contributed by atoms with E-state index in [0.29, 0.717) is 31.3 Å². The molecule has 1 aliphatic carbocycles. The van der Waals surface area contributed by atoms with Gasteiger partial charge in [-0.15, -0.1) is 0 Å². The second-order valence-corrected chi connectivity index (χ2v) is 7.13. The highest BCUT2D eigenvalue weighted by Crippen LogP contribution is 2.36. The van der Waals surface area contributed by atoms with Crippen molar-refractivity contribution in [3.63, 3.8) is 0 Å². The van der Waals surface area contributed by atoms with Gasteiger partial charge in [0.1, 0.15) is 11.8 Å². The Morgan fingerprint density at radius 1 is 1.37 bits per heavy atom. The molecule has 1 unspecified atom stereocenters. The van der Waals surface area contributed by atoms with Gasteiger partial charge in [-0.1, -0.05) is 24.3 Å². The number of ether oxygens (including phenoxy) is 1. The predicted octanol–water partition coefficient (Wildman–Crippen LogP) is 2.79. The van der Waals surface area contributed by atoms with Crippen molar-refractivity contribution in [2.24, 2.45) is 16.6 Å². The van der Waals surface area contributed by atoms with Gasteiger partial charge < -0.3 is 20.5 Å². The zero-order valence-electron chi connectivity index (χ0n) is 15.0. The molecule has 6 nitrogen and oxygen atoms in total. The van der Waals surface area contributed by atoms with Gasteiger partial charge in [0.15, 0.2) is 0 Å². The van der Waals surface area contributed by atoms with E-state index in [1.807, 2.05) is 42.6 Å². The molecule has 0 bridgehead atoms. The minimum Gasteiger partial charge on any atom is -0.480 e. The molecule has 1 atom stereocenters. The Morgan fingerprint density at radius 3 is 2.89 bits per heavy atom. The van der Waals surface area contributed by atoms with Crippen molar-refractivity contribution in [3.8, 4) is 5.75 Å². The van der Waals surface area contributed by atoms with Gasteiger partial charge in [-0.3, -0.25) is 4.79 Å². The molecule has 2 aliphatic heterocycles. The minimum atomic E-state index is -0.967. The molecule has 0 saturated heterocycles. The second-order valence-electron chi connectivity index (χ2n) is 7.13. The number of allylic oxidation sites excluding steroid dienone is 3.